The van der Waals surface area contributed by atoms with Crippen molar-refractivity contribution in [1.82, 2.24) is 9.88 Å². The summed E-state index contributed by atoms with van der Waals surface area (Å²) < 4.78 is 12.0. The molecule has 5 heteroatoms. The number of hydrogen-bond donors (Lipinski definition) is 0. The maximum atomic E-state index is 6.14. The van der Waals surface area contributed by atoms with E-state index in [9.17, 15) is 0 Å². The zero-order valence-electron chi connectivity index (χ0n) is 15.5. The first kappa shape index (κ1) is 17.8. The number of rotatable bonds is 6. The van der Waals surface area contributed by atoms with Gasteiger partial charge in [0.1, 0.15) is 5.75 Å². The lowest BCUT2D eigenvalue weighted by Crippen LogP contribution is -2.58. The highest BCUT2D eigenvalue weighted by Gasteiger charge is 2.49. The van der Waals surface area contributed by atoms with E-state index in [-0.39, 0.29) is 0 Å². The molecular weight excluding hydrogens is 344 g/mol. The van der Waals surface area contributed by atoms with Crippen LogP contribution in [-0.4, -0.2) is 46.7 Å². The normalized spacial score (nSPS) is 21.7. The Hall–Kier alpha value is -1.56. The van der Waals surface area contributed by atoms with E-state index in [2.05, 4.69) is 33.8 Å². The lowest BCUT2D eigenvalue weighted by Gasteiger charge is -2.47. The average Bonchev–Trinajstić information content (AvgIpc) is 3.05. The molecule has 1 aromatic carbocycles. The molecule has 0 unspecified atom stereocenters. The van der Waals surface area contributed by atoms with Crippen molar-refractivity contribution < 1.29 is 9.47 Å². The Kier molecular flexibility index (Phi) is 5.20. The van der Waals surface area contributed by atoms with Crippen LogP contribution in [-0.2, 0) is 17.9 Å². The molecule has 0 aliphatic carbocycles. The number of likely N-dealkylation sites (tertiary alicyclic amines) is 1. The Balaban J connectivity index is 1.26. The van der Waals surface area contributed by atoms with Crippen LogP contribution in [0.1, 0.15) is 23.4 Å². The Morgan fingerprint density at radius 2 is 2.04 bits per heavy atom. The first-order chi connectivity index (χ1) is 12.7. The van der Waals surface area contributed by atoms with Crippen LogP contribution in [0.15, 0.2) is 42.5 Å². The average molecular weight is 371 g/mol. The molecule has 0 saturated carbocycles. The summed E-state index contributed by atoms with van der Waals surface area (Å²) in [5.41, 5.74) is 3.35. The number of aryl methyl sites for hydroxylation is 1. The summed E-state index contributed by atoms with van der Waals surface area (Å²) in [4.78, 5) is 7.04. The van der Waals surface area contributed by atoms with E-state index in [0.29, 0.717) is 17.5 Å². The van der Waals surface area contributed by atoms with E-state index in [4.69, 9.17) is 9.47 Å². The van der Waals surface area contributed by atoms with Crippen LogP contribution in [0.2, 0.25) is 0 Å². The fraction of sp³-hybridized carbons (Fsp3) is 0.476. The molecular formula is C21H26N2O2S. The van der Waals surface area contributed by atoms with Gasteiger partial charge < -0.3 is 9.47 Å². The zero-order chi connectivity index (χ0) is 18.0. The largest absolute Gasteiger partial charge is 0.496 e. The molecule has 2 fully saturated rings. The molecule has 2 aliphatic heterocycles. The second kappa shape index (κ2) is 7.59. The molecule has 0 bridgehead atoms. The Morgan fingerprint density at radius 1 is 1.19 bits per heavy atom. The van der Waals surface area contributed by atoms with Crippen molar-refractivity contribution in [3.05, 3.63) is 59.4 Å². The van der Waals surface area contributed by atoms with Crippen molar-refractivity contribution in [2.75, 3.05) is 26.0 Å². The maximum Gasteiger partial charge on any atom is 0.123 e. The van der Waals surface area contributed by atoms with Gasteiger partial charge in [-0.2, -0.15) is 0 Å². The maximum absolute atomic E-state index is 6.14. The molecule has 4 rings (SSSR count). The molecule has 0 radical (unpaired) electrons. The summed E-state index contributed by atoms with van der Waals surface area (Å²) in [5.74, 6) is 2.08. The van der Waals surface area contributed by atoms with Crippen LogP contribution in [0.4, 0.5) is 0 Å². The highest BCUT2D eigenvalue weighted by molar-refractivity contribution is 8.01. The van der Waals surface area contributed by atoms with Crippen LogP contribution >= 0.6 is 11.8 Å². The molecule has 26 heavy (non-hydrogen) atoms. The molecule has 1 atom stereocenters. The van der Waals surface area contributed by atoms with E-state index < -0.39 is 0 Å². The lowest BCUT2D eigenvalue weighted by molar-refractivity contribution is 0.0249. The van der Waals surface area contributed by atoms with Gasteiger partial charge in [0.25, 0.3) is 0 Å². The fourth-order valence-corrected chi connectivity index (χ4v) is 5.57. The topological polar surface area (TPSA) is 34.6 Å². The monoisotopic (exact) mass is 370 g/mol. The van der Waals surface area contributed by atoms with Crippen LogP contribution in [0, 0.1) is 6.92 Å². The third-order valence-electron chi connectivity index (χ3n) is 5.20. The summed E-state index contributed by atoms with van der Waals surface area (Å²) in [7, 11) is 1.74. The van der Waals surface area contributed by atoms with Crippen molar-refractivity contribution in [3.8, 4) is 5.75 Å². The smallest absolute Gasteiger partial charge is 0.123 e. The van der Waals surface area contributed by atoms with Gasteiger partial charge in [-0.3, -0.25) is 9.88 Å². The van der Waals surface area contributed by atoms with E-state index in [1.54, 1.807) is 7.11 Å². The minimum Gasteiger partial charge on any atom is -0.496 e. The summed E-state index contributed by atoms with van der Waals surface area (Å²) in [6, 6.07) is 14.4. The Labute approximate surface area is 159 Å². The summed E-state index contributed by atoms with van der Waals surface area (Å²) in [5, 5.41) is 0. The second-order valence-electron chi connectivity index (χ2n) is 7.36. The molecule has 1 aromatic heterocycles. The molecule has 138 valence electrons. The second-order valence-corrected chi connectivity index (χ2v) is 8.85. The Bertz CT molecular complexity index is 761. The van der Waals surface area contributed by atoms with Crippen molar-refractivity contribution in [1.29, 1.82) is 0 Å². The molecule has 4 nitrogen and oxygen atoms in total. The Morgan fingerprint density at radius 3 is 2.85 bits per heavy atom. The van der Waals surface area contributed by atoms with Crippen molar-refractivity contribution in [2.24, 2.45) is 0 Å². The summed E-state index contributed by atoms with van der Waals surface area (Å²) in [6.45, 7) is 5.88. The van der Waals surface area contributed by atoms with E-state index in [0.717, 1.165) is 48.9 Å². The van der Waals surface area contributed by atoms with Gasteiger partial charge in [-0.25, -0.2) is 0 Å². The van der Waals surface area contributed by atoms with Crippen molar-refractivity contribution >= 4 is 11.8 Å². The predicted octanol–water partition coefficient (Wildman–Crippen LogP) is 3.68. The molecule has 2 saturated heterocycles. The first-order valence-electron chi connectivity index (χ1n) is 9.18. The molecule has 0 amide bonds. The number of para-hydroxylation sites is 1. The third-order valence-corrected chi connectivity index (χ3v) is 6.77. The van der Waals surface area contributed by atoms with Crippen molar-refractivity contribution in [2.45, 2.75) is 37.3 Å². The number of benzene rings is 1. The number of hydrogen-bond acceptors (Lipinski definition) is 5. The molecule has 0 N–H and O–H groups in total. The van der Waals surface area contributed by atoms with Crippen LogP contribution in [0.3, 0.4) is 0 Å². The number of pyridine rings is 1. The number of ether oxygens (including phenoxy) is 2. The lowest BCUT2D eigenvalue weighted by atomic mass is 9.92. The van der Waals surface area contributed by atoms with Gasteiger partial charge >= 0.3 is 0 Å². The molecule has 1 spiro atoms. The SMILES string of the molecule is COc1ccccc1CN1CC2(C[C@@H](OCc3cccc(C)n3)CS2)C1. The van der Waals surface area contributed by atoms with Crippen LogP contribution in [0.5, 0.6) is 5.75 Å². The standard InChI is InChI=1S/C21H26N2O2S/c1-16-6-5-8-18(22-16)12-25-19-10-21(26-13-19)14-23(15-21)11-17-7-3-4-9-20(17)24-2/h3-9,19H,10-15H2,1-2H3/t19-/m1/s1. The van der Waals surface area contributed by atoms with Gasteiger partial charge in [0, 0.05) is 41.4 Å². The van der Waals surface area contributed by atoms with Crippen molar-refractivity contribution in [3.63, 3.8) is 0 Å². The van der Waals surface area contributed by atoms with E-state index in [1.165, 1.54) is 5.56 Å². The van der Waals surface area contributed by atoms with Crippen LogP contribution in [0.25, 0.3) is 0 Å². The fourth-order valence-electron chi connectivity index (χ4n) is 3.97. The zero-order valence-corrected chi connectivity index (χ0v) is 16.3. The van der Waals surface area contributed by atoms with E-state index in [1.807, 2.05) is 37.3 Å². The number of thioether (sulfide) groups is 1. The third kappa shape index (κ3) is 3.90. The highest BCUT2D eigenvalue weighted by Crippen LogP contribution is 2.46. The minimum atomic E-state index is 0.343. The molecule has 2 aromatic rings. The highest BCUT2D eigenvalue weighted by atomic mass is 32.2. The number of aromatic nitrogens is 1. The van der Waals surface area contributed by atoms with Gasteiger partial charge in [-0.1, -0.05) is 24.3 Å². The van der Waals surface area contributed by atoms with Gasteiger partial charge in [0.2, 0.25) is 0 Å². The predicted molar refractivity (Wildman–Crippen MR) is 106 cm³/mol. The first-order valence-corrected chi connectivity index (χ1v) is 10.2. The van der Waals surface area contributed by atoms with E-state index >= 15 is 0 Å². The summed E-state index contributed by atoms with van der Waals surface area (Å²) in [6.07, 6.45) is 1.49. The molecule has 2 aliphatic rings. The van der Waals surface area contributed by atoms with Gasteiger partial charge in [-0.05, 0) is 31.5 Å². The summed E-state index contributed by atoms with van der Waals surface area (Å²) >= 11 is 2.08. The van der Waals surface area contributed by atoms with Crippen LogP contribution < -0.4 is 4.74 Å². The quantitative estimate of drug-likeness (QED) is 0.775. The molecule has 3 heterocycles. The van der Waals surface area contributed by atoms with Gasteiger partial charge in [0.15, 0.2) is 0 Å². The van der Waals surface area contributed by atoms with Gasteiger partial charge in [0.05, 0.1) is 25.5 Å². The number of methoxy groups -OCH3 is 1. The number of nitrogens with zero attached hydrogens (tertiary/aromatic N) is 2. The van der Waals surface area contributed by atoms with Gasteiger partial charge in [-0.15, -0.1) is 11.8 Å². The minimum absolute atomic E-state index is 0.343.